The SMILES string of the molecule is COc1ccc2c(CC(=O)O[C@@H](C)C(=O)Nc3ccc(C(N)=O)cc3)coc2c1. The van der Waals surface area contributed by atoms with Crippen LogP contribution in [0, 0.1) is 0 Å². The van der Waals surface area contributed by atoms with Crippen molar-refractivity contribution in [2.75, 3.05) is 12.4 Å². The van der Waals surface area contributed by atoms with Gasteiger partial charge in [-0.2, -0.15) is 0 Å². The monoisotopic (exact) mass is 396 g/mol. The highest BCUT2D eigenvalue weighted by molar-refractivity contribution is 5.97. The molecule has 0 radical (unpaired) electrons. The van der Waals surface area contributed by atoms with Gasteiger partial charge in [-0.05, 0) is 43.3 Å². The summed E-state index contributed by atoms with van der Waals surface area (Å²) < 4.78 is 15.8. The van der Waals surface area contributed by atoms with Crippen molar-refractivity contribution in [3.8, 4) is 5.75 Å². The Bertz CT molecular complexity index is 1050. The Kier molecular flexibility index (Phi) is 5.82. The fraction of sp³-hybridized carbons (Fsp3) is 0.190. The summed E-state index contributed by atoms with van der Waals surface area (Å²) in [6.07, 6.45) is 0.442. The van der Waals surface area contributed by atoms with Crippen LogP contribution in [0.4, 0.5) is 5.69 Å². The first kappa shape index (κ1) is 19.9. The van der Waals surface area contributed by atoms with Gasteiger partial charge in [0.25, 0.3) is 5.91 Å². The van der Waals surface area contributed by atoms with Crippen molar-refractivity contribution in [1.82, 2.24) is 0 Å². The topological polar surface area (TPSA) is 121 Å². The smallest absolute Gasteiger partial charge is 0.311 e. The van der Waals surface area contributed by atoms with Crippen LogP contribution < -0.4 is 15.8 Å². The van der Waals surface area contributed by atoms with E-state index in [9.17, 15) is 14.4 Å². The van der Waals surface area contributed by atoms with Crippen LogP contribution in [0.3, 0.4) is 0 Å². The fourth-order valence-electron chi connectivity index (χ4n) is 2.74. The van der Waals surface area contributed by atoms with Gasteiger partial charge < -0.3 is 24.9 Å². The molecular formula is C21H20N2O6. The number of primary amides is 1. The van der Waals surface area contributed by atoms with Crippen LogP contribution in [0.25, 0.3) is 11.0 Å². The molecule has 0 spiro atoms. The van der Waals surface area contributed by atoms with E-state index in [0.29, 0.717) is 28.1 Å². The summed E-state index contributed by atoms with van der Waals surface area (Å²) in [5.41, 5.74) is 7.21. The van der Waals surface area contributed by atoms with Crippen LogP contribution in [-0.4, -0.2) is 31.0 Å². The number of hydrogen-bond acceptors (Lipinski definition) is 6. The Morgan fingerprint density at radius 2 is 1.86 bits per heavy atom. The van der Waals surface area contributed by atoms with E-state index in [1.165, 1.54) is 25.3 Å². The Morgan fingerprint density at radius 3 is 2.52 bits per heavy atom. The minimum atomic E-state index is -1.00. The number of fused-ring (bicyclic) bond motifs is 1. The molecule has 0 aliphatic rings. The molecule has 150 valence electrons. The average Bonchev–Trinajstić information content (AvgIpc) is 3.09. The Hall–Kier alpha value is -3.81. The number of carbonyl (C=O) groups excluding carboxylic acids is 3. The lowest BCUT2D eigenvalue weighted by molar-refractivity contribution is -0.152. The van der Waals surface area contributed by atoms with Crippen molar-refractivity contribution in [3.05, 3.63) is 59.9 Å². The lowest BCUT2D eigenvalue weighted by Gasteiger charge is -2.13. The molecule has 1 aromatic heterocycles. The number of esters is 1. The number of methoxy groups -OCH3 is 1. The Morgan fingerprint density at radius 1 is 1.14 bits per heavy atom. The van der Waals surface area contributed by atoms with Crippen LogP contribution in [0.2, 0.25) is 0 Å². The molecule has 0 fully saturated rings. The zero-order chi connectivity index (χ0) is 21.0. The Labute approximate surface area is 166 Å². The summed E-state index contributed by atoms with van der Waals surface area (Å²) in [7, 11) is 1.56. The maximum Gasteiger partial charge on any atom is 0.311 e. The van der Waals surface area contributed by atoms with E-state index in [0.717, 1.165) is 5.39 Å². The number of hydrogen-bond donors (Lipinski definition) is 2. The molecule has 1 heterocycles. The van der Waals surface area contributed by atoms with Gasteiger partial charge in [-0.15, -0.1) is 0 Å². The van der Waals surface area contributed by atoms with Crippen LogP contribution in [0.5, 0.6) is 5.75 Å². The molecule has 2 amide bonds. The van der Waals surface area contributed by atoms with Crippen LogP contribution in [0.1, 0.15) is 22.8 Å². The highest BCUT2D eigenvalue weighted by Crippen LogP contribution is 2.26. The standard InChI is InChI=1S/C21H20N2O6/c1-12(21(26)23-15-5-3-13(4-6-15)20(22)25)29-19(24)9-14-11-28-18-10-16(27-2)7-8-17(14)18/h3-8,10-12H,9H2,1-2H3,(H2,22,25)(H,23,26)/t12-/m0/s1. The molecule has 3 rings (SSSR count). The zero-order valence-corrected chi connectivity index (χ0v) is 15.9. The van der Waals surface area contributed by atoms with E-state index >= 15 is 0 Å². The molecule has 2 aromatic carbocycles. The summed E-state index contributed by atoms with van der Waals surface area (Å²) in [5.74, 6) is -0.965. The molecule has 8 heteroatoms. The summed E-state index contributed by atoms with van der Waals surface area (Å²) in [6.45, 7) is 1.48. The van der Waals surface area contributed by atoms with Crippen molar-refractivity contribution in [2.24, 2.45) is 5.73 Å². The van der Waals surface area contributed by atoms with Crippen LogP contribution in [0.15, 0.2) is 53.1 Å². The molecule has 0 saturated carbocycles. The van der Waals surface area contributed by atoms with E-state index in [2.05, 4.69) is 5.32 Å². The van der Waals surface area contributed by atoms with Crippen molar-refractivity contribution >= 4 is 34.4 Å². The normalized spacial score (nSPS) is 11.7. The van der Waals surface area contributed by atoms with Crippen molar-refractivity contribution < 1.29 is 28.3 Å². The third-order valence-corrected chi connectivity index (χ3v) is 4.31. The van der Waals surface area contributed by atoms with Gasteiger partial charge in [0.05, 0.1) is 19.8 Å². The number of nitrogens with one attached hydrogen (secondary N) is 1. The lowest BCUT2D eigenvalue weighted by Crippen LogP contribution is -2.30. The van der Waals surface area contributed by atoms with Gasteiger partial charge in [-0.1, -0.05) is 0 Å². The molecule has 0 unspecified atom stereocenters. The minimum Gasteiger partial charge on any atom is -0.497 e. The molecule has 1 atom stereocenters. The van der Waals surface area contributed by atoms with Gasteiger partial charge >= 0.3 is 5.97 Å². The first-order valence-electron chi connectivity index (χ1n) is 8.81. The second-order valence-corrected chi connectivity index (χ2v) is 6.36. The number of anilines is 1. The Balaban J connectivity index is 1.58. The number of furan rings is 1. The summed E-state index contributed by atoms with van der Waals surface area (Å²) in [4.78, 5) is 35.6. The molecule has 0 aliphatic carbocycles. The van der Waals surface area contributed by atoms with E-state index in [1.54, 1.807) is 37.4 Å². The van der Waals surface area contributed by atoms with Crippen LogP contribution in [-0.2, 0) is 20.7 Å². The minimum absolute atomic E-state index is 0.0374. The predicted octanol–water partition coefficient (Wildman–Crippen LogP) is 2.65. The highest BCUT2D eigenvalue weighted by atomic mass is 16.5. The van der Waals surface area contributed by atoms with Crippen molar-refractivity contribution in [3.63, 3.8) is 0 Å². The molecule has 29 heavy (non-hydrogen) atoms. The quantitative estimate of drug-likeness (QED) is 0.592. The summed E-state index contributed by atoms with van der Waals surface area (Å²) in [6, 6.07) is 11.4. The molecule has 8 nitrogen and oxygen atoms in total. The number of ether oxygens (including phenoxy) is 2. The molecule has 0 aliphatic heterocycles. The third kappa shape index (κ3) is 4.73. The second kappa shape index (κ2) is 8.47. The van der Waals surface area contributed by atoms with Gasteiger partial charge in [0.1, 0.15) is 11.3 Å². The van der Waals surface area contributed by atoms with E-state index < -0.39 is 23.9 Å². The average molecular weight is 396 g/mol. The number of benzene rings is 2. The fourth-order valence-corrected chi connectivity index (χ4v) is 2.74. The molecule has 0 bridgehead atoms. The van der Waals surface area contributed by atoms with E-state index in [1.807, 2.05) is 0 Å². The number of nitrogens with two attached hydrogens (primary N) is 1. The molecule has 3 N–H and O–H groups in total. The summed E-state index contributed by atoms with van der Waals surface area (Å²) >= 11 is 0. The third-order valence-electron chi connectivity index (χ3n) is 4.31. The highest BCUT2D eigenvalue weighted by Gasteiger charge is 2.20. The largest absolute Gasteiger partial charge is 0.497 e. The maximum atomic E-state index is 12.2. The first-order chi connectivity index (χ1) is 13.9. The van der Waals surface area contributed by atoms with E-state index in [-0.39, 0.29) is 6.42 Å². The van der Waals surface area contributed by atoms with Crippen LogP contribution >= 0.6 is 0 Å². The van der Waals surface area contributed by atoms with Crippen molar-refractivity contribution in [1.29, 1.82) is 0 Å². The van der Waals surface area contributed by atoms with Crippen molar-refractivity contribution in [2.45, 2.75) is 19.4 Å². The van der Waals surface area contributed by atoms with Gasteiger partial charge in [0.15, 0.2) is 6.10 Å². The van der Waals surface area contributed by atoms with E-state index in [4.69, 9.17) is 19.6 Å². The van der Waals surface area contributed by atoms with Gasteiger partial charge in [0, 0.05) is 28.3 Å². The van der Waals surface area contributed by atoms with Gasteiger partial charge in [-0.25, -0.2) is 0 Å². The number of carbonyl (C=O) groups is 3. The molecular weight excluding hydrogens is 376 g/mol. The maximum absolute atomic E-state index is 12.2. The number of rotatable bonds is 7. The second-order valence-electron chi connectivity index (χ2n) is 6.36. The summed E-state index contributed by atoms with van der Waals surface area (Å²) in [5, 5.41) is 3.39. The number of amides is 2. The lowest BCUT2D eigenvalue weighted by atomic mass is 10.1. The van der Waals surface area contributed by atoms with Gasteiger partial charge in [-0.3, -0.25) is 14.4 Å². The predicted molar refractivity (Wildman–Crippen MR) is 106 cm³/mol. The molecule has 0 saturated heterocycles. The molecule has 3 aromatic rings. The first-order valence-corrected chi connectivity index (χ1v) is 8.81. The zero-order valence-electron chi connectivity index (χ0n) is 15.9. The van der Waals surface area contributed by atoms with Gasteiger partial charge in [0.2, 0.25) is 5.91 Å².